The van der Waals surface area contributed by atoms with Crippen molar-refractivity contribution >= 4 is 5.78 Å². The molecule has 0 radical (unpaired) electrons. The van der Waals surface area contributed by atoms with Crippen molar-refractivity contribution in [3.63, 3.8) is 0 Å². The number of rotatable bonds is 0. The highest BCUT2D eigenvalue weighted by Crippen LogP contribution is 2.10. The van der Waals surface area contributed by atoms with Crippen molar-refractivity contribution in [1.82, 2.24) is 4.90 Å². The predicted molar refractivity (Wildman–Crippen MR) is 36.3 cm³/mol. The minimum absolute atomic E-state index is 0.385. The minimum Gasteiger partial charge on any atom is -0.299 e. The quantitative estimate of drug-likeness (QED) is 0.473. The zero-order valence-electron chi connectivity index (χ0n) is 6.05. The van der Waals surface area contributed by atoms with Gasteiger partial charge in [-0.15, -0.1) is 0 Å². The SMILES string of the molecule is C[C@@H]1CC(=O)CN(C)C1. The number of nitrogens with zero attached hydrogens (tertiary/aromatic N) is 1. The van der Waals surface area contributed by atoms with Crippen molar-refractivity contribution in [3.05, 3.63) is 0 Å². The highest BCUT2D eigenvalue weighted by molar-refractivity contribution is 5.81. The summed E-state index contributed by atoms with van der Waals surface area (Å²) in [6.45, 7) is 3.85. The Morgan fingerprint density at radius 1 is 1.67 bits per heavy atom. The fourth-order valence-electron chi connectivity index (χ4n) is 1.42. The molecular weight excluding hydrogens is 114 g/mol. The normalized spacial score (nSPS) is 30.9. The van der Waals surface area contributed by atoms with Gasteiger partial charge in [-0.05, 0) is 13.0 Å². The second-order valence-corrected chi connectivity index (χ2v) is 3.04. The molecule has 0 unspecified atom stereocenters. The Kier molecular flexibility index (Phi) is 1.86. The van der Waals surface area contributed by atoms with E-state index in [0.29, 0.717) is 18.2 Å². The standard InChI is InChI=1S/C7H13NO/c1-6-3-7(9)5-8(2)4-6/h6H,3-5H2,1-2H3/t6-/m1/s1. The lowest BCUT2D eigenvalue weighted by Crippen LogP contribution is -2.36. The number of hydrogen-bond acceptors (Lipinski definition) is 2. The average Bonchev–Trinajstić information content (AvgIpc) is 1.59. The first-order valence-electron chi connectivity index (χ1n) is 3.38. The first-order valence-corrected chi connectivity index (χ1v) is 3.38. The van der Waals surface area contributed by atoms with Crippen LogP contribution in [0.4, 0.5) is 0 Å². The van der Waals surface area contributed by atoms with Crippen LogP contribution in [0.5, 0.6) is 0 Å². The van der Waals surface area contributed by atoms with Crippen LogP contribution in [-0.4, -0.2) is 30.8 Å². The molecule has 0 aromatic heterocycles. The lowest BCUT2D eigenvalue weighted by atomic mass is 10.0. The van der Waals surface area contributed by atoms with E-state index in [0.717, 1.165) is 13.0 Å². The molecule has 9 heavy (non-hydrogen) atoms. The Morgan fingerprint density at radius 2 is 2.33 bits per heavy atom. The summed E-state index contributed by atoms with van der Waals surface area (Å²) in [7, 11) is 1.99. The number of hydrogen-bond donors (Lipinski definition) is 0. The third-order valence-corrected chi connectivity index (χ3v) is 1.65. The predicted octanol–water partition coefficient (Wildman–Crippen LogP) is 0.527. The summed E-state index contributed by atoms with van der Waals surface area (Å²) >= 11 is 0. The van der Waals surface area contributed by atoms with Crippen LogP contribution in [-0.2, 0) is 4.79 Å². The summed E-state index contributed by atoms with van der Waals surface area (Å²) < 4.78 is 0. The second-order valence-electron chi connectivity index (χ2n) is 3.04. The molecule has 0 amide bonds. The van der Waals surface area contributed by atoms with Gasteiger partial charge in [0.1, 0.15) is 5.78 Å². The Balaban J connectivity index is 2.43. The molecule has 0 bridgehead atoms. The molecule has 1 heterocycles. The van der Waals surface area contributed by atoms with Crippen LogP contribution in [0.2, 0.25) is 0 Å². The first-order chi connectivity index (χ1) is 4.18. The van der Waals surface area contributed by atoms with Crippen molar-refractivity contribution in [2.24, 2.45) is 5.92 Å². The maximum absolute atomic E-state index is 10.8. The third-order valence-electron chi connectivity index (χ3n) is 1.65. The van der Waals surface area contributed by atoms with E-state index in [9.17, 15) is 4.79 Å². The molecule has 52 valence electrons. The van der Waals surface area contributed by atoms with Crippen molar-refractivity contribution < 1.29 is 4.79 Å². The van der Waals surface area contributed by atoms with Gasteiger partial charge < -0.3 is 0 Å². The van der Waals surface area contributed by atoms with Crippen LogP contribution in [0.25, 0.3) is 0 Å². The van der Waals surface area contributed by atoms with E-state index >= 15 is 0 Å². The molecule has 0 N–H and O–H groups in total. The molecule has 0 spiro atoms. The third kappa shape index (κ3) is 1.79. The van der Waals surface area contributed by atoms with Crippen molar-refractivity contribution in [1.29, 1.82) is 0 Å². The summed E-state index contributed by atoms with van der Waals surface area (Å²) in [6.07, 6.45) is 0.782. The van der Waals surface area contributed by atoms with E-state index < -0.39 is 0 Å². The summed E-state index contributed by atoms with van der Waals surface area (Å²) in [4.78, 5) is 12.9. The Hall–Kier alpha value is -0.370. The highest BCUT2D eigenvalue weighted by Gasteiger charge is 2.18. The van der Waals surface area contributed by atoms with Crippen molar-refractivity contribution in [2.45, 2.75) is 13.3 Å². The van der Waals surface area contributed by atoms with E-state index in [1.807, 2.05) is 7.05 Å². The molecule has 1 aliphatic heterocycles. The molecule has 1 atom stereocenters. The molecule has 2 nitrogen and oxygen atoms in total. The molecule has 0 aromatic rings. The van der Waals surface area contributed by atoms with Gasteiger partial charge in [-0.1, -0.05) is 6.92 Å². The zero-order chi connectivity index (χ0) is 6.85. The van der Waals surface area contributed by atoms with Gasteiger partial charge in [0.2, 0.25) is 0 Å². The molecule has 0 saturated carbocycles. The Labute approximate surface area is 55.8 Å². The summed E-state index contributed by atoms with van der Waals surface area (Å²) in [5, 5.41) is 0. The zero-order valence-corrected chi connectivity index (χ0v) is 6.05. The van der Waals surface area contributed by atoms with Gasteiger partial charge in [0, 0.05) is 13.0 Å². The monoisotopic (exact) mass is 127 g/mol. The van der Waals surface area contributed by atoms with Crippen LogP contribution >= 0.6 is 0 Å². The fraction of sp³-hybridized carbons (Fsp3) is 0.857. The van der Waals surface area contributed by atoms with Crippen LogP contribution < -0.4 is 0 Å². The molecule has 1 rings (SSSR count). The number of ketones is 1. The highest BCUT2D eigenvalue weighted by atomic mass is 16.1. The van der Waals surface area contributed by atoms with Gasteiger partial charge in [-0.3, -0.25) is 9.69 Å². The van der Waals surface area contributed by atoms with E-state index in [1.54, 1.807) is 0 Å². The van der Waals surface area contributed by atoms with Crippen LogP contribution in [0.1, 0.15) is 13.3 Å². The van der Waals surface area contributed by atoms with Crippen LogP contribution in [0.3, 0.4) is 0 Å². The lowest BCUT2D eigenvalue weighted by Gasteiger charge is -2.25. The largest absolute Gasteiger partial charge is 0.299 e. The maximum atomic E-state index is 10.8. The van der Waals surface area contributed by atoms with Gasteiger partial charge >= 0.3 is 0 Å². The number of likely N-dealkylation sites (tertiary alicyclic amines) is 1. The second kappa shape index (κ2) is 2.48. The van der Waals surface area contributed by atoms with Crippen LogP contribution in [0.15, 0.2) is 0 Å². The summed E-state index contributed by atoms with van der Waals surface area (Å²) in [5.74, 6) is 0.951. The smallest absolute Gasteiger partial charge is 0.147 e. The number of piperidine rings is 1. The van der Waals surface area contributed by atoms with Gasteiger partial charge in [0.25, 0.3) is 0 Å². The summed E-state index contributed by atoms with van der Waals surface area (Å²) in [6, 6.07) is 0. The van der Waals surface area contributed by atoms with Gasteiger partial charge in [-0.2, -0.15) is 0 Å². The van der Waals surface area contributed by atoms with Crippen molar-refractivity contribution in [2.75, 3.05) is 20.1 Å². The van der Waals surface area contributed by atoms with Gasteiger partial charge in [-0.25, -0.2) is 0 Å². The number of Topliss-reactive ketones (excluding diaryl/α,β-unsaturated/α-hetero) is 1. The molecule has 1 fully saturated rings. The van der Waals surface area contributed by atoms with E-state index in [-0.39, 0.29) is 0 Å². The number of carbonyl (C=O) groups excluding carboxylic acids is 1. The van der Waals surface area contributed by atoms with E-state index in [1.165, 1.54) is 0 Å². The minimum atomic E-state index is 0.385. The van der Waals surface area contributed by atoms with Gasteiger partial charge in [0.05, 0.1) is 6.54 Å². The Bertz CT molecular complexity index is 110. The van der Waals surface area contributed by atoms with E-state index in [2.05, 4.69) is 11.8 Å². The topological polar surface area (TPSA) is 20.3 Å². The maximum Gasteiger partial charge on any atom is 0.147 e. The first kappa shape index (κ1) is 6.75. The van der Waals surface area contributed by atoms with Crippen molar-refractivity contribution in [3.8, 4) is 0 Å². The molecular formula is C7H13NO. The summed E-state index contributed by atoms with van der Waals surface area (Å²) in [5.41, 5.74) is 0. The Morgan fingerprint density at radius 3 is 2.78 bits per heavy atom. The fourth-order valence-corrected chi connectivity index (χ4v) is 1.42. The molecule has 1 saturated heterocycles. The molecule has 2 heteroatoms. The van der Waals surface area contributed by atoms with Crippen LogP contribution in [0, 0.1) is 5.92 Å². The van der Waals surface area contributed by atoms with Gasteiger partial charge in [0.15, 0.2) is 0 Å². The lowest BCUT2D eigenvalue weighted by molar-refractivity contribution is -0.123. The molecule has 0 aliphatic carbocycles. The van der Waals surface area contributed by atoms with E-state index in [4.69, 9.17) is 0 Å². The average molecular weight is 127 g/mol. The number of carbonyl (C=O) groups is 1. The number of likely N-dealkylation sites (N-methyl/N-ethyl adjacent to an activating group) is 1. The molecule has 0 aromatic carbocycles. The molecule has 1 aliphatic rings.